The molecule has 2 aliphatic heterocycles. The van der Waals surface area contributed by atoms with Crippen molar-refractivity contribution in [3.8, 4) is 0 Å². The Morgan fingerprint density at radius 3 is 2.88 bits per heavy atom. The van der Waals surface area contributed by atoms with Crippen LogP contribution in [0.3, 0.4) is 0 Å². The van der Waals surface area contributed by atoms with Crippen LogP contribution in [0.2, 0.25) is 0 Å². The highest BCUT2D eigenvalue weighted by atomic mass is 16.2. The Morgan fingerprint density at radius 1 is 1.25 bits per heavy atom. The second kappa shape index (κ2) is 6.36. The number of likely N-dealkylation sites (tertiary alicyclic amines) is 2. The van der Waals surface area contributed by atoms with Gasteiger partial charge in [0, 0.05) is 37.9 Å². The SMILES string of the molecule is Nc1ncccc1CN1CCC2(CCCN(CC3CCC3)C2=O)C1. The smallest absolute Gasteiger partial charge is 0.230 e. The van der Waals surface area contributed by atoms with Crippen LogP contribution in [-0.2, 0) is 11.3 Å². The largest absolute Gasteiger partial charge is 0.383 e. The lowest BCUT2D eigenvalue weighted by Crippen LogP contribution is -2.51. The summed E-state index contributed by atoms with van der Waals surface area (Å²) in [7, 11) is 0. The molecule has 0 radical (unpaired) electrons. The number of carbonyl (C=O) groups excluding carboxylic acids is 1. The minimum atomic E-state index is -0.140. The molecule has 0 bridgehead atoms. The number of nitrogen functional groups attached to an aromatic ring is 1. The van der Waals surface area contributed by atoms with Crippen LogP contribution >= 0.6 is 0 Å². The highest BCUT2D eigenvalue weighted by Crippen LogP contribution is 2.41. The molecular weight excluding hydrogens is 300 g/mol. The molecule has 1 amide bonds. The van der Waals surface area contributed by atoms with Crippen LogP contribution in [0.15, 0.2) is 18.3 Å². The summed E-state index contributed by atoms with van der Waals surface area (Å²) in [6, 6.07) is 3.97. The number of aromatic nitrogens is 1. The standard InChI is InChI=1S/C19H28N4O/c20-17-16(6-2-9-21-17)13-22-11-8-19(14-22)7-3-10-23(18(19)24)12-15-4-1-5-15/h2,6,9,15H,1,3-5,7-8,10-14H2,(H2,20,21). The van der Waals surface area contributed by atoms with Crippen LogP contribution < -0.4 is 5.73 Å². The van der Waals surface area contributed by atoms with Gasteiger partial charge in [-0.15, -0.1) is 0 Å². The molecule has 1 aromatic heterocycles. The fraction of sp³-hybridized carbons (Fsp3) is 0.684. The summed E-state index contributed by atoms with van der Waals surface area (Å²) in [4.78, 5) is 21.9. The minimum absolute atomic E-state index is 0.140. The number of pyridine rings is 1. The van der Waals surface area contributed by atoms with E-state index in [0.29, 0.717) is 11.7 Å². The van der Waals surface area contributed by atoms with Gasteiger partial charge in [0.15, 0.2) is 0 Å². The summed E-state index contributed by atoms with van der Waals surface area (Å²) in [5, 5.41) is 0. The third kappa shape index (κ3) is 2.90. The van der Waals surface area contributed by atoms with Crippen LogP contribution in [0.25, 0.3) is 0 Å². The normalized spacial score (nSPS) is 28.5. The molecule has 2 N–H and O–H groups in total. The summed E-state index contributed by atoms with van der Waals surface area (Å²) in [6.45, 7) is 4.62. The van der Waals surface area contributed by atoms with E-state index in [1.807, 2.05) is 12.1 Å². The first kappa shape index (κ1) is 15.9. The number of carbonyl (C=O) groups is 1. The van der Waals surface area contributed by atoms with Crippen LogP contribution in [0.1, 0.15) is 44.1 Å². The van der Waals surface area contributed by atoms with Gasteiger partial charge in [-0.3, -0.25) is 9.69 Å². The first-order valence-electron chi connectivity index (χ1n) is 9.37. The van der Waals surface area contributed by atoms with Gasteiger partial charge in [0.1, 0.15) is 5.82 Å². The van der Waals surface area contributed by atoms with Crippen molar-refractivity contribution in [2.75, 3.05) is 31.9 Å². The molecule has 3 fully saturated rings. The van der Waals surface area contributed by atoms with Gasteiger partial charge in [-0.25, -0.2) is 4.98 Å². The van der Waals surface area contributed by atoms with Crippen molar-refractivity contribution in [1.82, 2.24) is 14.8 Å². The number of hydrogen-bond donors (Lipinski definition) is 1. The Bertz CT molecular complexity index is 615. The number of anilines is 1. The summed E-state index contributed by atoms with van der Waals surface area (Å²) < 4.78 is 0. The number of nitrogens with two attached hydrogens (primary N) is 1. The average Bonchev–Trinajstić information content (AvgIpc) is 2.93. The van der Waals surface area contributed by atoms with Crippen LogP contribution in [0.4, 0.5) is 5.82 Å². The number of amides is 1. The molecule has 1 saturated carbocycles. The predicted molar refractivity (Wildman–Crippen MR) is 94.1 cm³/mol. The molecule has 1 unspecified atom stereocenters. The molecule has 24 heavy (non-hydrogen) atoms. The van der Waals surface area contributed by atoms with E-state index in [9.17, 15) is 4.79 Å². The number of piperidine rings is 1. The van der Waals surface area contributed by atoms with Gasteiger partial charge in [0.05, 0.1) is 5.41 Å². The van der Waals surface area contributed by atoms with Crippen molar-refractivity contribution in [3.05, 3.63) is 23.9 Å². The van der Waals surface area contributed by atoms with E-state index in [4.69, 9.17) is 5.73 Å². The number of hydrogen-bond acceptors (Lipinski definition) is 4. The molecule has 5 nitrogen and oxygen atoms in total. The zero-order valence-electron chi connectivity index (χ0n) is 14.4. The van der Waals surface area contributed by atoms with Crippen LogP contribution in [0, 0.1) is 11.3 Å². The summed E-state index contributed by atoms with van der Waals surface area (Å²) in [5.41, 5.74) is 6.91. The predicted octanol–water partition coefficient (Wildman–Crippen LogP) is 2.28. The summed E-state index contributed by atoms with van der Waals surface area (Å²) in [5.74, 6) is 1.79. The second-order valence-corrected chi connectivity index (χ2v) is 7.94. The van der Waals surface area contributed by atoms with Gasteiger partial charge in [-0.05, 0) is 50.6 Å². The monoisotopic (exact) mass is 328 g/mol. The van der Waals surface area contributed by atoms with E-state index in [-0.39, 0.29) is 5.41 Å². The second-order valence-electron chi connectivity index (χ2n) is 7.94. The van der Waals surface area contributed by atoms with Gasteiger partial charge in [0.2, 0.25) is 5.91 Å². The summed E-state index contributed by atoms with van der Waals surface area (Å²) >= 11 is 0. The van der Waals surface area contributed by atoms with E-state index in [2.05, 4.69) is 14.8 Å². The molecule has 1 atom stereocenters. The van der Waals surface area contributed by atoms with Crippen molar-refractivity contribution >= 4 is 11.7 Å². The van der Waals surface area contributed by atoms with Crippen molar-refractivity contribution in [2.45, 2.75) is 45.1 Å². The summed E-state index contributed by atoms with van der Waals surface area (Å²) in [6.07, 6.45) is 8.89. The Hall–Kier alpha value is -1.62. The lowest BCUT2D eigenvalue weighted by atomic mass is 9.77. The Labute approximate surface area is 144 Å². The average molecular weight is 328 g/mol. The maximum absolute atomic E-state index is 13.2. The van der Waals surface area contributed by atoms with E-state index in [0.717, 1.165) is 63.5 Å². The third-order valence-electron chi connectivity index (χ3n) is 6.28. The molecule has 4 rings (SSSR count). The molecule has 1 aromatic rings. The van der Waals surface area contributed by atoms with Crippen molar-refractivity contribution in [3.63, 3.8) is 0 Å². The fourth-order valence-electron chi connectivity index (χ4n) is 4.61. The fourth-order valence-corrected chi connectivity index (χ4v) is 4.61. The molecule has 1 aliphatic carbocycles. The zero-order valence-corrected chi connectivity index (χ0v) is 14.4. The maximum atomic E-state index is 13.2. The highest BCUT2D eigenvalue weighted by molar-refractivity contribution is 5.84. The quantitative estimate of drug-likeness (QED) is 0.921. The molecule has 2 saturated heterocycles. The number of rotatable bonds is 4. The molecule has 5 heteroatoms. The highest BCUT2D eigenvalue weighted by Gasteiger charge is 2.48. The third-order valence-corrected chi connectivity index (χ3v) is 6.28. The molecule has 1 spiro atoms. The van der Waals surface area contributed by atoms with Gasteiger partial charge >= 0.3 is 0 Å². The molecule has 130 valence electrons. The molecule has 3 heterocycles. The number of nitrogens with zero attached hydrogens (tertiary/aromatic N) is 3. The van der Waals surface area contributed by atoms with Crippen LogP contribution in [-0.4, -0.2) is 46.9 Å². The Balaban J connectivity index is 1.42. The van der Waals surface area contributed by atoms with E-state index in [1.54, 1.807) is 6.20 Å². The molecule has 0 aromatic carbocycles. The first-order valence-corrected chi connectivity index (χ1v) is 9.37. The Morgan fingerprint density at radius 2 is 2.12 bits per heavy atom. The minimum Gasteiger partial charge on any atom is -0.383 e. The molecular formula is C19H28N4O. The lowest BCUT2D eigenvalue weighted by molar-refractivity contribution is -0.146. The van der Waals surface area contributed by atoms with Crippen molar-refractivity contribution in [1.29, 1.82) is 0 Å². The first-order chi connectivity index (χ1) is 11.7. The van der Waals surface area contributed by atoms with Crippen LogP contribution in [0.5, 0.6) is 0 Å². The Kier molecular flexibility index (Phi) is 4.21. The van der Waals surface area contributed by atoms with Gasteiger partial charge in [-0.2, -0.15) is 0 Å². The zero-order chi connectivity index (χ0) is 16.6. The van der Waals surface area contributed by atoms with E-state index >= 15 is 0 Å². The van der Waals surface area contributed by atoms with Crippen molar-refractivity contribution in [2.24, 2.45) is 11.3 Å². The van der Waals surface area contributed by atoms with Gasteiger partial charge in [0.25, 0.3) is 0 Å². The molecule has 3 aliphatic rings. The van der Waals surface area contributed by atoms with Gasteiger partial charge in [-0.1, -0.05) is 12.5 Å². The van der Waals surface area contributed by atoms with E-state index in [1.165, 1.54) is 19.3 Å². The topological polar surface area (TPSA) is 62.5 Å². The van der Waals surface area contributed by atoms with Crippen molar-refractivity contribution < 1.29 is 4.79 Å². The van der Waals surface area contributed by atoms with Gasteiger partial charge < -0.3 is 10.6 Å². The lowest BCUT2D eigenvalue weighted by Gasteiger charge is -2.42. The maximum Gasteiger partial charge on any atom is 0.230 e. The van der Waals surface area contributed by atoms with E-state index < -0.39 is 0 Å².